The Balaban J connectivity index is 4.20. The van der Waals surface area contributed by atoms with E-state index in [-0.39, 0.29) is 5.76 Å². The largest absolute Gasteiger partial charge is 0.508 e. The molecule has 0 aromatic heterocycles. The zero-order valence-corrected chi connectivity index (χ0v) is 6.94. The molecular weight excluding hydrogens is 169 g/mol. The van der Waals surface area contributed by atoms with Crippen molar-refractivity contribution in [3.05, 3.63) is 23.5 Å². The van der Waals surface area contributed by atoms with E-state index in [1.54, 1.807) is 19.9 Å². The summed E-state index contributed by atoms with van der Waals surface area (Å²) in [4.78, 5) is 0. The van der Waals surface area contributed by atoms with Crippen molar-refractivity contribution in [1.82, 2.24) is 0 Å². The van der Waals surface area contributed by atoms with Crippen molar-refractivity contribution in [3.8, 4) is 0 Å². The Bertz CT molecular complexity index is 201. The summed E-state index contributed by atoms with van der Waals surface area (Å²) < 4.78 is 34.8. The van der Waals surface area contributed by atoms with Gasteiger partial charge >= 0.3 is 6.18 Å². The molecule has 0 bridgehead atoms. The van der Waals surface area contributed by atoms with Gasteiger partial charge in [-0.25, -0.2) is 0 Å². The summed E-state index contributed by atoms with van der Waals surface area (Å²) in [6.07, 6.45) is -3.04. The van der Waals surface area contributed by atoms with E-state index in [0.29, 0.717) is 5.57 Å². The fraction of sp³-hybridized carbons (Fsp3) is 0.500. The first-order valence-electron chi connectivity index (χ1n) is 3.46. The molecule has 70 valence electrons. The fourth-order valence-electron chi connectivity index (χ4n) is 0.521. The topological polar surface area (TPSA) is 20.2 Å². The highest BCUT2D eigenvalue weighted by Crippen LogP contribution is 2.21. The van der Waals surface area contributed by atoms with Gasteiger partial charge in [-0.3, -0.25) is 0 Å². The fourth-order valence-corrected chi connectivity index (χ4v) is 0.521. The van der Waals surface area contributed by atoms with E-state index in [1.165, 1.54) is 0 Å². The van der Waals surface area contributed by atoms with Crippen LogP contribution in [0.5, 0.6) is 0 Å². The van der Waals surface area contributed by atoms with Crippen molar-refractivity contribution in [1.29, 1.82) is 0 Å². The van der Waals surface area contributed by atoms with Crippen molar-refractivity contribution in [2.24, 2.45) is 0 Å². The highest BCUT2D eigenvalue weighted by molar-refractivity contribution is 5.21. The summed E-state index contributed by atoms with van der Waals surface area (Å²) in [5.74, 6) is -0.310. The minimum Gasteiger partial charge on any atom is -0.508 e. The second kappa shape index (κ2) is 4.18. The zero-order chi connectivity index (χ0) is 9.78. The molecule has 0 aromatic carbocycles. The normalized spacial score (nSPS) is 15.1. The van der Waals surface area contributed by atoms with Crippen LogP contribution in [0, 0.1) is 0 Å². The molecule has 0 atom stereocenters. The van der Waals surface area contributed by atoms with Gasteiger partial charge in [-0.1, -0.05) is 6.08 Å². The number of hydrogen-bond donors (Lipinski definition) is 1. The number of hydrogen-bond acceptors (Lipinski definition) is 1. The quantitative estimate of drug-likeness (QED) is 0.510. The van der Waals surface area contributed by atoms with Crippen LogP contribution in [0.3, 0.4) is 0 Å². The molecular formula is C8H11F3O. The maximum Gasteiger partial charge on any atom is 0.392 e. The van der Waals surface area contributed by atoms with E-state index in [2.05, 4.69) is 0 Å². The zero-order valence-electron chi connectivity index (χ0n) is 6.94. The number of alkyl halides is 3. The summed E-state index contributed by atoms with van der Waals surface area (Å²) in [7, 11) is 0. The number of aliphatic hydroxyl groups is 1. The van der Waals surface area contributed by atoms with Crippen molar-refractivity contribution >= 4 is 0 Å². The molecule has 0 aliphatic heterocycles. The van der Waals surface area contributed by atoms with E-state index in [9.17, 15) is 13.2 Å². The third-order valence-electron chi connectivity index (χ3n) is 1.36. The lowest BCUT2D eigenvalue weighted by molar-refractivity contribution is -0.125. The summed E-state index contributed by atoms with van der Waals surface area (Å²) in [6.45, 7) is 3.19. The van der Waals surface area contributed by atoms with Crippen LogP contribution in [-0.2, 0) is 0 Å². The van der Waals surface area contributed by atoms with Crippen molar-refractivity contribution < 1.29 is 18.3 Å². The van der Waals surface area contributed by atoms with Gasteiger partial charge in [0.25, 0.3) is 0 Å². The average Bonchev–Trinajstić information content (AvgIpc) is 1.97. The van der Waals surface area contributed by atoms with Gasteiger partial charge in [-0.2, -0.15) is 13.2 Å². The van der Waals surface area contributed by atoms with Gasteiger partial charge in [0.05, 0.1) is 6.42 Å². The monoisotopic (exact) mass is 180 g/mol. The molecule has 0 heterocycles. The van der Waals surface area contributed by atoms with Crippen LogP contribution in [0.1, 0.15) is 20.3 Å². The van der Waals surface area contributed by atoms with Gasteiger partial charge < -0.3 is 5.11 Å². The smallest absolute Gasteiger partial charge is 0.392 e. The van der Waals surface area contributed by atoms with Crippen LogP contribution >= 0.6 is 0 Å². The number of aliphatic hydroxyl groups excluding tert-OH is 1. The SMILES string of the molecule is C/C=C(C)\C(O)=C/CC(F)(F)F. The Labute approximate surface area is 69.2 Å². The van der Waals surface area contributed by atoms with Crippen LogP contribution in [0.2, 0.25) is 0 Å². The lowest BCUT2D eigenvalue weighted by Gasteiger charge is -2.02. The van der Waals surface area contributed by atoms with Crippen LogP contribution < -0.4 is 0 Å². The molecule has 1 N–H and O–H groups in total. The number of halogens is 3. The highest BCUT2D eigenvalue weighted by atomic mass is 19.4. The Hall–Kier alpha value is -0.930. The Morgan fingerprint density at radius 2 is 1.92 bits per heavy atom. The third kappa shape index (κ3) is 4.82. The van der Waals surface area contributed by atoms with Gasteiger partial charge in [-0.15, -0.1) is 0 Å². The molecule has 0 aromatic rings. The third-order valence-corrected chi connectivity index (χ3v) is 1.36. The lowest BCUT2D eigenvalue weighted by atomic mass is 10.2. The van der Waals surface area contributed by atoms with E-state index in [1.807, 2.05) is 0 Å². The lowest BCUT2D eigenvalue weighted by Crippen LogP contribution is -2.05. The molecule has 0 aliphatic carbocycles. The standard InChI is InChI=1S/C8H11F3O/c1-3-6(2)7(12)4-5-8(9,10)11/h3-4,12H,5H2,1-2H3/b6-3-,7-4+. The first-order valence-corrected chi connectivity index (χ1v) is 3.46. The number of rotatable bonds is 2. The van der Waals surface area contributed by atoms with Crippen LogP contribution in [0.25, 0.3) is 0 Å². The second-order valence-corrected chi connectivity index (χ2v) is 2.38. The van der Waals surface area contributed by atoms with Gasteiger partial charge in [-0.05, 0) is 25.5 Å². The van der Waals surface area contributed by atoms with Crippen LogP contribution in [-0.4, -0.2) is 11.3 Å². The Kier molecular flexibility index (Phi) is 3.86. The predicted octanol–water partition coefficient (Wildman–Crippen LogP) is 3.35. The van der Waals surface area contributed by atoms with Gasteiger partial charge in [0.15, 0.2) is 0 Å². The summed E-state index contributed by atoms with van der Waals surface area (Å²) in [5.41, 5.74) is 0.444. The highest BCUT2D eigenvalue weighted by Gasteiger charge is 2.25. The van der Waals surface area contributed by atoms with Gasteiger partial charge in [0.2, 0.25) is 0 Å². The Morgan fingerprint density at radius 3 is 2.25 bits per heavy atom. The van der Waals surface area contributed by atoms with E-state index in [0.717, 1.165) is 6.08 Å². The molecule has 12 heavy (non-hydrogen) atoms. The van der Waals surface area contributed by atoms with Gasteiger partial charge in [0.1, 0.15) is 5.76 Å². The summed E-state index contributed by atoms with van der Waals surface area (Å²) in [5, 5.41) is 8.97. The molecule has 4 heteroatoms. The van der Waals surface area contributed by atoms with Crippen molar-refractivity contribution in [2.75, 3.05) is 0 Å². The molecule has 0 rings (SSSR count). The average molecular weight is 180 g/mol. The number of allylic oxidation sites excluding steroid dienone is 3. The van der Waals surface area contributed by atoms with Gasteiger partial charge in [0, 0.05) is 0 Å². The van der Waals surface area contributed by atoms with E-state index in [4.69, 9.17) is 5.11 Å². The molecule has 0 amide bonds. The molecule has 0 fully saturated rings. The molecule has 0 saturated heterocycles. The van der Waals surface area contributed by atoms with Crippen molar-refractivity contribution in [3.63, 3.8) is 0 Å². The second-order valence-electron chi connectivity index (χ2n) is 2.38. The molecule has 0 unspecified atom stereocenters. The van der Waals surface area contributed by atoms with E-state index >= 15 is 0 Å². The summed E-state index contributed by atoms with van der Waals surface area (Å²) >= 11 is 0. The van der Waals surface area contributed by atoms with Crippen LogP contribution in [0.4, 0.5) is 13.2 Å². The molecule has 0 saturated carbocycles. The maximum absolute atomic E-state index is 11.6. The minimum atomic E-state index is -4.25. The first kappa shape index (κ1) is 11.1. The van der Waals surface area contributed by atoms with E-state index < -0.39 is 12.6 Å². The molecule has 0 aliphatic rings. The predicted molar refractivity (Wildman–Crippen MR) is 40.8 cm³/mol. The Morgan fingerprint density at radius 1 is 1.42 bits per heavy atom. The van der Waals surface area contributed by atoms with Crippen molar-refractivity contribution in [2.45, 2.75) is 26.4 Å². The molecule has 1 nitrogen and oxygen atoms in total. The maximum atomic E-state index is 11.6. The minimum absolute atomic E-state index is 0.310. The molecule has 0 radical (unpaired) electrons. The van der Waals surface area contributed by atoms with Crippen LogP contribution in [0.15, 0.2) is 23.5 Å². The summed E-state index contributed by atoms with van der Waals surface area (Å²) in [6, 6.07) is 0. The first-order chi connectivity index (χ1) is 5.37. The molecule has 0 spiro atoms.